The minimum Gasteiger partial charge on any atom is -0.378 e. The van der Waals surface area contributed by atoms with Gasteiger partial charge in [0.1, 0.15) is 0 Å². The third-order valence-electron chi connectivity index (χ3n) is 3.46. The second-order valence-electron chi connectivity index (χ2n) is 6.18. The molecule has 0 saturated carbocycles. The van der Waals surface area contributed by atoms with Crippen LogP contribution in [0.3, 0.4) is 0 Å². The molecule has 2 N–H and O–H groups in total. The molecule has 0 spiro atoms. The molecule has 2 atom stereocenters. The molecule has 5 heteroatoms. The van der Waals surface area contributed by atoms with Crippen LogP contribution in [0, 0.1) is 0 Å². The lowest BCUT2D eigenvalue weighted by Crippen LogP contribution is -2.46. The molecule has 2 heterocycles. The molecule has 102 valence electrons. The van der Waals surface area contributed by atoms with Crippen LogP contribution in [0.1, 0.15) is 58.7 Å². The van der Waals surface area contributed by atoms with Crippen LogP contribution in [0.2, 0.25) is 0 Å². The van der Waals surface area contributed by atoms with Gasteiger partial charge in [0, 0.05) is 12.0 Å². The van der Waals surface area contributed by atoms with E-state index in [9.17, 15) is 0 Å². The van der Waals surface area contributed by atoms with Crippen molar-refractivity contribution in [2.75, 3.05) is 6.61 Å². The zero-order valence-electron chi connectivity index (χ0n) is 11.7. The van der Waals surface area contributed by atoms with Gasteiger partial charge in [0.05, 0.1) is 11.6 Å². The minimum atomic E-state index is -0.508. The van der Waals surface area contributed by atoms with Gasteiger partial charge in [0.2, 0.25) is 5.89 Å². The van der Waals surface area contributed by atoms with Crippen molar-refractivity contribution in [1.29, 1.82) is 0 Å². The summed E-state index contributed by atoms with van der Waals surface area (Å²) in [5.41, 5.74) is 5.79. The van der Waals surface area contributed by atoms with Crippen LogP contribution in [0.4, 0.5) is 0 Å². The Morgan fingerprint density at radius 3 is 2.72 bits per heavy atom. The van der Waals surface area contributed by atoms with E-state index in [1.165, 1.54) is 0 Å². The molecule has 1 aliphatic heterocycles. The number of nitrogens with zero attached hydrogens (tertiary/aromatic N) is 2. The van der Waals surface area contributed by atoms with E-state index in [0.717, 1.165) is 19.3 Å². The normalized spacial score (nSPS) is 29.5. The van der Waals surface area contributed by atoms with E-state index in [2.05, 4.69) is 17.1 Å². The zero-order valence-corrected chi connectivity index (χ0v) is 11.7. The van der Waals surface area contributed by atoms with E-state index in [1.807, 2.05) is 20.8 Å². The number of hydrogen-bond acceptors (Lipinski definition) is 5. The molecule has 18 heavy (non-hydrogen) atoms. The summed E-state index contributed by atoms with van der Waals surface area (Å²) < 4.78 is 11.0. The second kappa shape index (κ2) is 4.63. The molecule has 1 saturated heterocycles. The summed E-state index contributed by atoms with van der Waals surface area (Å²) in [7, 11) is 0. The maximum atomic E-state index is 6.44. The first kappa shape index (κ1) is 13.5. The monoisotopic (exact) mass is 253 g/mol. The Kier molecular flexibility index (Phi) is 3.47. The lowest BCUT2D eigenvalue weighted by molar-refractivity contribution is -0.0239. The Hall–Kier alpha value is -0.940. The molecule has 0 aliphatic carbocycles. The van der Waals surface area contributed by atoms with Crippen molar-refractivity contribution < 1.29 is 9.26 Å². The number of aromatic nitrogens is 2. The van der Waals surface area contributed by atoms with Crippen molar-refractivity contribution in [2.45, 2.75) is 64.0 Å². The van der Waals surface area contributed by atoms with Crippen LogP contribution in [-0.4, -0.2) is 22.9 Å². The SMILES string of the molecule is CCC1CC(N)(c2noc(C(C)(C)C)n2)CCO1. The van der Waals surface area contributed by atoms with E-state index >= 15 is 0 Å². The smallest absolute Gasteiger partial charge is 0.232 e. The topological polar surface area (TPSA) is 74.2 Å². The predicted octanol–water partition coefficient (Wildman–Crippen LogP) is 2.11. The molecule has 1 fully saturated rings. The molecule has 0 aromatic carbocycles. The average molecular weight is 253 g/mol. The largest absolute Gasteiger partial charge is 0.378 e. The Balaban J connectivity index is 2.22. The minimum absolute atomic E-state index is 0.142. The summed E-state index contributed by atoms with van der Waals surface area (Å²) in [5, 5.41) is 4.08. The first-order valence-electron chi connectivity index (χ1n) is 6.60. The van der Waals surface area contributed by atoms with Gasteiger partial charge in [-0.05, 0) is 19.3 Å². The highest BCUT2D eigenvalue weighted by molar-refractivity contribution is 5.09. The van der Waals surface area contributed by atoms with E-state index in [0.29, 0.717) is 18.3 Å². The van der Waals surface area contributed by atoms with Gasteiger partial charge in [-0.2, -0.15) is 4.98 Å². The maximum Gasteiger partial charge on any atom is 0.232 e. The van der Waals surface area contributed by atoms with Crippen LogP contribution in [-0.2, 0) is 15.7 Å². The third kappa shape index (κ3) is 2.57. The van der Waals surface area contributed by atoms with Crippen molar-refractivity contribution in [3.05, 3.63) is 11.7 Å². The molecule has 2 rings (SSSR count). The zero-order chi connectivity index (χ0) is 13.4. The highest BCUT2D eigenvalue weighted by Crippen LogP contribution is 2.32. The molecular formula is C13H23N3O2. The number of rotatable bonds is 2. The standard InChI is InChI=1S/C13H23N3O2/c1-5-9-8-13(14,6-7-17-9)10-15-11(18-16-10)12(2,3)4/h9H,5-8,14H2,1-4H3. The Morgan fingerprint density at radius 2 is 2.17 bits per heavy atom. The number of hydrogen-bond donors (Lipinski definition) is 1. The van der Waals surface area contributed by atoms with Crippen molar-refractivity contribution in [1.82, 2.24) is 10.1 Å². The maximum absolute atomic E-state index is 6.44. The van der Waals surface area contributed by atoms with Gasteiger partial charge in [0.25, 0.3) is 0 Å². The van der Waals surface area contributed by atoms with E-state index in [-0.39, 0.29) is 11.5 Å². The Bertz CT molecular complexity index is 411. The van der Waals surface area contributed by atoms with Crippen LogP contribution in [0.5, 0.6) is 0 Å². The van der Waals surface area contributed by atoms with Crippen molar-refractivity contribution >= 4 is 0 Å². The van der Waals surface area contributed by atoms with Gasteiger partial charge in [-0.25, -0.2) is 0 Å². The first-order valence-corrected chi connectivity index (χ1v) is 6.60. The van der Waals surface area contributed by atoms with Crippen LogP contribution in [0.25, 0.3) is 0 Å². The van der Waals surface area contributed by atoms with Gasteiger partial charge < -0.3 is 15.0 Å². The summed E-state index contributed by atoms with van der Waals surface area (Å²) in [6.07, 6.45) is 2.66. The van der Waals surface area contributed by atoms with Crippen LogP contribution < -0.4 is 5.73 Å². The highest BCUT2D eigenvalue weighted by Gasteiger charge is 2.39. The summed E-state index contributed by atoms with van der Waals surface area (Å²) in [5.74, 6) is 1.26. The fourth-order valence-electron chi connectivity index (χ4n) is 2.17. The molecule has 0 radical (unpaired) electrons. The van der Waals surface area contributed by atoms with Gasteiger partial charge in [-0.1, -0.05) is 32.9 Å². The Morgan fingerprint density at radius 1 is 1.44 bits per heavy atom. The van der Waals surface area contributed by atoms with Crippen molar-refractivity contribution in [2.24, 2.45) is 5.73 Å². The third-order valence-corrected chi connectivity index (χ3v) is 3.46. The van der Waals surface area contributed by atoms with Gasteiger partial charge >= 0.3 is 0 Å². The highest BCUT2D eigenvalue weighted by atomic mass is 16.5. The summed E-state index contributed by atoms with van der Waals surface area (Å²) in [6.45, 7) is 8.91. The summed E-state index contributed by atoms with van der Waals surface area (Å²) >= 11 is 0. The molecule has 1 aliphatic rings. The average Bonchev–Trinajstić information content (AvgIpc) is 2.78. The first-order chi connectivity index (χ1) is 8.35. The number of ether oxygens (including phenoxy) is 1. The van der Waals surface area contributed by atoms with Crippen LogP contribution in [0.15, 0.2) is 4.52 Å². The van der Waals surface area contributed by atoms with Gasteiger partial charge in [0.15, 0.2) is 5.82 Å². The summed E-state index contributed by atoms with van der Waals surface area (Å²) in [4.78, 5) is 4.49. The fourth-order valence-corrected chi connectivity index (χ4v) is 2.17. The Labute approximate surface area is 108 Å². The molecule has 1 aromatic rings. The van der Waals surface area contributed by atoms with E-state index in [1.54, 1.807) is 0 Å². The van der Waals surface area contributed by atoms with E-state index < -0.39 is 5.54 Å². The molecular weight excluding hydrogens is 230 g/mol. The lowest BCUT2D eigenvalue weighted by Gasteiger charge is -2.35. The van der Waals surface area contributed by atoms with Crippen molar-refractivity contribution in [3.8, 4) is 0 Å². The quantitative estimate of drug-likeness (QED) is 0.873. The molecule has 0 amide bonds. The summed E-state index contributed by atoms with van der Waals surface area (Å²) in [6, 6.07) is 0. The molecule has 2 unspecified atom stereocenters. The molecule has 5 nitrogen and oxygen atoms in total. The number of nitrogens with two attached hydrogens (primary N) is 1. The predicted molar refractivity (Wildman–Crippen MR) is 68.1 cm³/mol. The van der Waals surface area contributed by atoms with Gasteiger partial charge in [-0.3, -0.25) is 0 Å². The van der Waals surface area contributed by atoms with Gasteiger partial charge in [-0.15, -0.1) is 0 Å². The second-order valence-corrected chi connectivity index (χ2v) is 6.18. The van der Waals surface area contributed by atoms with Crippen molar-refractivity contribution in [3.63, 3.8) is 0 Å². The molecule has 1 aromatic heterocycles. The molecule has 0 bridgehead atoms. The fraction of sp³-hybridized carbons (Fsp3) is 0.846. The lowest BCUT2D eigenvalue weighted by atomic mass is 9.86. The van der Waals surface area contributed by atoms with Crippen LogP contribution >= 0.6 is 0 Å². The van der Waals surface area contributed by atoms with E-state index in [4.69, 9.17) is 15.0 Å².